The van der Waals surface area contributed by atoms with E-state index in [0.717, 1.165) is 10.8 Å². The Morgan fingerprint density at radius 1 is 0.964 bits per heavy atom. The summed E-state index contributed by atoms with van der Waals surface area (Å²) in [5.41, 5.74) is 0.409. The normalized spacial score (nSPS) is 15.1. The lowest BCUT2D eigenvalue weighted by Crippen LogP contribution is -2.42. The molecule has 6 heteroatoms. The zero-order valence-corrected chi connectivity index (χ0v) is 15.1. The molecule has 1 aliphatic heterocycles. The van der Waals surface area contributed by atoms with Crippen molar-refractivity contribution in [1.29, 1.82) is 0 Å². The van der Waals surface area contributed by atoms with E-state index in [-0.39, 0.29) is 19.3 Å². The minimum absolute atomic E-state index is 0.265. The summed E-state index contributed by atoms with van der Waals surface area (Å²) in [4.78, 5) is 24.2. The Labute approximate surface area is 162 Å². The fourth-order valence-corrected chi connectivity index (χ4v) is 2.97. The van der Waals surface area contributed by atoms with Crippen LogP contribution in [0.1, 0.15) is 10.4 Å². The molecule has 28 heavy (non-hydrogen) atoms. The number of hydrogen-bond acceptors (Lipinski definition) is 5. The van der Waals surface area contributed by atoms with Gasteiger partial charge in [-0.2, -0.15) is 0 Å². The molecule has 3 aromatic rings. The second kappa shape index (κ2) is 8.00. The smallest absolute Gasteiger partial charge is 0.338 e. The number of ether oxygens (including phenoxy) is 3. The number of carbonyl (C=O) groups is 2. The number of benzene rings is 3. The summed E-state index contributed by atoms with van der Waals surface area (Å²) >= 11 is 0. The topological polar surface area (TPSA) is 73.9 Å². The van der Waals surface area contributed by atoms with E-state index in [4.69, 9.17) is 14.2 Å². The van der Waals surface area contributed by atoms with Gasteiger partial charge in [-0.25, -0.2) is 4.79 Å². The van der Waals surface area contributed by atoms with Crippen LogP contribution in [0.15, 0.2) is 66.7 Å². The number of nitrogens with one attached hydrogen (secondary N) is 1. The van der Waals surface area contributed by atoms with E-state index in [0.29, 0.717) is 23.7 Å². The van der Waals surface area contributed by atoms with Crippen molar-refractivity contribution >= 4 is 22.6 Å². The number of amides is 1. The van der Waals surface area contributed by atoms with Crippen molar-refractivity contribution < 1.29 is 23.8 Å². The van der Waals surface area contributed by atoms with Gasteiger partial charge < -0.3 is 19.5 Å². The molecule has 0 fully saturated rings. The van der Waals surface area contributed by atoms with Crippen LogP contribution >= 0.6 is 0 Å². The molecule has 0 saturated carbocycles. The Morgan fingerprint density at radius 2 is 1.71 bits per heavy atom. The van der Waals surface area contributed by atoms with Crippen LogP contribution in [0.3, 0.4) is 0 Å². The van der Waals surface area contributed by atoms with Crippen LogP contribution in [0.2, 0.25) is 0 Å². The minimum Gasteiger partial charge on any atom is -0.486 e. The minimum atomic E-state index is -0.535. The van der Waals surface area contributed by atoms with E-state index in [2.05, 4.69) is 5.32 Å². The number of rotatable bonds is 5. The van der Waals surface area contributed by atoms with E-state index < -0.39 is 11.9 Å². The lowest BCUT2D eigenvalue weighted by Gasteiger charge is -2.26. The molecular formula is C22H19NO5. The zero-order valence-electron chi connectivity index (χ0n) is 15.1. The maximum Gasteiger partial charge on any atom is 0.338 e. The molecule has 0 aliphatic carbocycles. The average molecular weight is 377 g/mol. The highest BCUT2D eigenvalue weighted by Crippen LogP contribution is 2.30. The molecule has 0 radical (unpaired) electrons. The summed E-state index contributed by atoms with van der Waals surface area (Å²) in [5.74, 6) is 0.411. The quantitative estimate of drug-likeness (QED) is 0.692. The fraction of sp³-hybridized carbons (Fsp3) is 0.182. The van der Waals surface area contributed by atoms with Crippen molar-refractivity contribution in [2.24, 2.45) is 0 Å². The number of carbonyl (C=O) groups excluding carboxylic acids is 2. The molecule has 1 N–H and O–H groups in total. The van der Waals surface area contributed by atoms with Crippen molar-refractivity contribution in [3.05, 3.63) is 72.3 Å². The third kappa shape index (κ3) is 4.06. The van der Waals surface area contributed by atoms with Gasteiger partial charge in [0.15, 0.2) is 18.1 Å². The SMILES string of the molecule is O=C(COC(=O)c1ccc2ccccc2c1)NC[C@@H]1COc2ccccc2O1. The number of fused-ring (bicyclic) bond motifs is 2. The van der Waals surface area contributed by atoms with E-state index in [1.54, 1.807) is 12.1 Å². The van der Waals surface area contributed by atoms with Crippen molar-refractivity contribution in [2.75, 3.05) is 19.8 Å². The first kappa shape index (κ1) is 17.9. The van der Waals surface area contributed by atoms with Gasteiger partial charge in [-0.15, -0.1) is 0 Å². The molecular weight excluding hydrogens is 358 g/mol. The summed E-state index contributed by atoms with van der Waals surface area (Å²) in [7, 11) is 0. The van der Waals surface area contributed by atoms with Gasteiger partial charge in [0.2, 0.25) is 0 Å². The standard InChI is InChI=1S/C22H19NO5/c24-21(23-12-18-13-26-19-7-3-4-8-20(19)28-18)14-27-22(25)17-10-9-15-5-1-2-6-16(15)11-17/h1-11,18H,12-14H2,(H,23,24)/t18-/m1/s1. The van der Waals surface area contributed by atoms with E-state index >= 15 is 0 Å². The van der Waals surface area contributed by atoms with Crippen molar-refractivity contribution in [3.63, 3.8) is 0 Å². The van der Waals surface area contributed by atoms with Crippen LogP contribution < -0.4 is 14.8 Å². The Kier molecular flexibility index (Phi) is 5.10. The summed E-state index contributed by atoms with van der Waals surface area (Å²) in [6.45, 7) is 0.255. The van der Waals surface area contributed by atoms with Gasteiger partial charge in [0.05, 0.1) is 12.1 Å². The predicted molar refractivity (Wildman–Crippen MR) is 104 cm³/mol. The largest absolute Gasteiger partial charge is 0.486 e. The molecule has 3 aromatic carbocycles. The summed E-state index contributed by atoms with van der Waals surface area (Å²) < 4.78 is 16.5. The van der Waals surface area contributed by atoms with Gasteiger partial charge in [0.25, 0.3) is 5.91 Å². The third-order valence-electron chi connectivity index (χ3n) is 4.41. The number of hydrogen-bond donors (Lipinski definition) is 1. The van der Waals surface area contributed by atoms with Crippen LogP contribution in [0.5, 0.6) is 11.5 Å². The molecule has 1 heterocycles. The number of para-hydroxylation sites is 2. The highest BCUT2D eigenvalue weighted by Gasteiger charge is 2.21. The molecule has 142 valence electrons. The first-order chi connectivity index (χ1) is 13.7. The Morgan fingerprint density at radius 3 is 2.57 bits per heavy atom. The fourth-order valence-electron chi connectivity index (χ4n) is 2.97. The Bertz CT molecular complexity index is 1020. The van der Waals surface area contributed by atoms with Crippen molar-refractivity contribution in [1.82, 2.24) is 5.32 Å². The lowest BCUT2D eigenvalue weighted by atomic mass is 10.1. The lowest BCUT2D eigenvalue weighted by molar-refractivity contribution is -0.124. The first-order valence-electron chi connectivity index (χ1n) is 9.00. The molecule has 1 amide bonds. The van der Waals surface area contributed by atoms with Crippen LogP contribution in [0, 0.1) is 0 Å². The molecule has 0 aromatic heterocycles. The van der Waals surface area contributed by atoms with Gasteiger partial charge in [-0.1, -0.05) is 42.5 Å². The molecule has 0 bridgehead atoms. The van der Waals surface area contributed by atoms with Crippen LogP contribution in [0.25, 0.3) is 10.8 Å². The summed E-state index contributed by atoms with van der Waals surface area (Å²) in [5, 5.41) is 4.67. The predicted octanol–water partition coefficient (Wildman–Crippen LogP) is 2.95. The summed E-state index contributed by atoms with van der Waals surface area (Å²) in [6.07, 6.45) is -0.296. The second-order valence-corrected chi connectivity index (χ2v) is 6.44. The van der Waals surface area contributed by atoms with Gasteiger partial charge >= 0.3 is 5.97 Å². The molecule has 6 nitrogen and oxygen atoms in total. The molecule has 0 spiro atoms. The van der Waals surface area contributed by atoms with Gasteiger partial charge in [0.1, 0.15) is 12.7 Å². The van der Waals surface area contributed by atoms with E-state index in [9.17, 15) is 9.59 Å². The zero-order chi connectivity index (χ0) is 19.3. The maximum absolute atomic E-state index is 12.2. The van der Waals surface area contributed by atoms with Crippen LogP contribution in [-0.2, 0) is 9.53 Å². The van der Waals surface area contributed by atoms with Gasteiger partial charge in [0, 0.05) is 0 Å². The second-order valence-electron chi connectivity index (χ2n) is 6.44. The molecule has 4 rings (SSSR count). The number of esters is 1. The molecule has 1 aliphatic rings. The van der Waals surface area contributed by atoms with Gasteiger partial charge in [-0.05, 0) is 35.0 Å². The van der Waals surface area contributed by atoms with Crippen LogP contribution in [0.4, 0.5) is 0 Å². The first-order valence-corrected chi connectivity index (χ1v) is 9.00. The summed E-state index contributed by atoms with van der Waals surface area (Å²) in [6, 6.07) is 20.4. The van der Waals surface area contributed by atoms with E-state index in [1.807, 2.05) is 54.6 Å². The van der Waals surface area contributed by atoms with E-state index in [1.165, 1.54) is 0 Å². The molecule has 1 atom stereocenters. The third-order valence-corrected chi connectivity index (χ3v) is 4.41. The Hall–Kier alpha value is -3.54. The van der Waals surface area contributed by atoms with Crippen molar-refractivity contribution in [2.45, 2.75) is 6.10 Å². The molecule has 0 saturated heterocycles. The maximum atomic E-state index is 12.2. The Balaban J connectivity index is 1.25. The van der Waals surface area contributed by atoms with Crippen LogP contribution in [-0.4, -0.2) is 37.7 Å². The van der Waals surface area contributed by atoms with Gasteiger partial charge in [-0.3, -0.25) is 4.79 Å². The average Bonchev–Trinajstić information content (AvgIpc) is 2.75. The molecule has 0 unspecified atom stereocenters. The highest BCUT2D eigenvalue weighted by atomic mass is 16.6. The monoisotopic (exact) mass is 377 g/mol. The highest BCUT2D eigenvalue weighted by molar-refractivity contribution is 5.96. The van der Waals surface area contributed by atoms with Crippen molar-refractivity contribution in [3.8, 4) is 11.5 Å².